The topological polar surface area (TPSA) is 40.1 Å². The molecular weight excluding hydrogens is 435 g/mol. The van der Waals surface area contributed by atoms with Crippen molar-refractivity contribution in [3.05, 3.63) is 35.9 Å². The summed E-state index contributed by atoms with van der Waals surface area (Å²) in [5.41, 5.74) is -0.704. The monoisotopic (exact) mass is 495 g/mol. The molecule has 1 rings (SSSR count). The Bertz CT molecular complexity index is 556. The van der Waals surface area contributed by atoms with E-state index in [9.17, 15) is 14.3 Å². The van der Waals surface area contributed by atoms with Crippen LogP contribution in [0, 0.1) is 17.8 Å². The highest BCUT2D eigenvalue weighted by Gasteiger charge is 2.21. The number of benzene rings is 1. The number of rotatable bonds is 12. The van der Waals surface area contributed by atoms with E-state index in [0.717, 1.165) is 24.7 Å². The van der Waals surface area contributed by atoms with E-state index in [4.69, 9.17) is 0 Å². The predicted molar refractivity (Wildman–Crippen MR) is 152 cm³/mol. The maximum atomic E-state index is 12.3. The van der Waals surface area contributed by atoms with Crippen molar-refractivity contribution >= 4 is 5.97 Å². The van der Waals surface area contributed by atoms with E-state index in [1.807, 2.05) is 0 Å². The third-order valence-corrected chi connectivity index (χ3v) is 6.92. The fraction of sp³-hybridized carbons (Fsp3) is 0.781. The van der Waals surface area contributed by atoms with Crippen molar-refractivity contribution < 1.29 is 14.3 Å². The lowest BCUT2D eigenvalue weighted by Gasteiger charge is -2.18. The molecule has 0 N–H and O–H groups in total. The van der Waals surface area contributed by atoms with Crippen molar-refractivity contribution in [3.8, 4) is 0 Å². The van der Waals surface area contributed by atoms with E-state index >= 15 is 0 Å². The molecule has 208 valence electrons. The number of carboxylic acids is 1. The number of carbonyl (C=O) groups is 1. The zero-order valence-corrected chi connectivity index (χ0v) is 25.3. The van der Waals surface area contributed by atoms with Crippen molar-refractivity contribution in [2.24, 2.45) is 17.8 Å². The Labute approximate surface area is 219 Å². The van der Waals surface area contributed by atoms with E-state index in [1.165, 1.54) is 63.9 Å². The highest BCUT2D eigenvalue weighted by Crippen LogP contribution is 2.17. The zero-order valence-electron chi connectivity index (χ0n) is 25.3. The van der Waals surface area contributed by atoms with Gasteiger partial charge in [-0.3, -0.25) is 0 Å². The maximum absolute atomic E-state index is 12.3. The normalized spacial score (nSPS) is 14.5. The van der Waals surface area contributed by atoms with Crippen molar-refractivity contribution in [1.82, 2.24) is 0 Å². The first-order valence-electron chi connectivity index (χ1n) is 14.3. The average Bonchev–Trinajstić information content (AvgIpc) is 2.87. The quantitative estimate of drug-likeness (QED) is 0.271. The molecule has 35 heavy (non-hydrogen) atoms. The minimum absolute atomic E-state index is 0.0463. The van der Waals surface area contributed by atoms with E-state index in [-0.39, 0.29) is 6.42 Å². The first kappa shape index (κ1) is 38.2. The van der Waals surface area contributed by atoms with Gasteiger partial charge in [0, 0.05) is 0 Å². The number of carbonyl (C=O) groups excluding carboxylic acids is 1. The lowest BCUT2D eigenvalue weighted by molar-refractivity contribution is -0.318. The van der Waals surface area contributed by atoms with Crippen LogP contribution in [0.1, 0.15) is 145 Å². The standard InChI is InChI=1S/C12H26.C10H14.C5H9FO2.C5H12/c1-5-11(3)9-7-8-10-12(4)6-2;1-3-9(2)10-7-5-4-6-8-10;1-3-5(2,6)4(7)8;1-4-5(2)3/h11-12H,5-10H2,1-4H3;4-9H,3H2,1-2H3;3H2,1-2H3,(H,7,8);5H,4H2,1-3H3/p-1. The summed E-state index contributed by atoms with van der Waals surface area (Å²) in [7, 11) is 0. The molecule has 0 aromatic heterocycles. The minimum Gasteiger partial charge on any atom is -0.547 e. The van der Waals surface area contributed by atoms with Gasteiger partial charge >= 0.3 is 0 Å². The lowest BCUT2D eigenvalue weighted by Crippen LogP contribution is -2.41. The van der Waals surface area contributed by atoms with Crippen LogP contribution in [0.5, 0.6) is 0 Å². The van der Waals surface area contributed by atoms with Gasteiger partial charge in [-0.2, -0.15) is 0 Å². The van der Waals surface area contributed by atoms with Crippen LogP contribution in [0.3, 0.4) is 0 Å². The first-order valence-corrected chi connectivity index (χ1v) is 14.3. The van der Waals surface area contributed by atoms with Gasteiger partial charge in [0.15, 0.2) is 0 Å². The summed E-state index contributed by atoms with van der Waals surface area (Å²) in [6.07, 6.45) is 10.9. The Kier molecular flexibility index (Phi) is 26.5. The molecule has 0 spiro atoms. The molecule has 4 atom stereocenters. The lowest BCUT2D eigenvalue weighted by atomic mass is 9.97. The molecule has 1 aromatic carbocycles. The molecule has 0 amide bonds. The molecule has 2 nitrogen and oxygen atoms in total. The largest absolute Gasteiger partial charge is 0.547 e. The summed E-state index contributed by atoms with van der Waals surface area (Å²) < 4.78 is 12.3. The van der Waals surface area contributed by atoms with E-state index < -0.39 is 11.6 Å². The van der Waals surface area contributed by atoms with Crippen molar-refractivity contribution in [1.29, 1.82) is 0 Å². The van der Waals surface area contributed by atoms with Crippen LogP contribution < -0.4 is 5.11 Å². The summed E-state index contributed by atoms with van der Waals surface area (Å²) in [5.74, 6) is 1.85. The smallest absolute Gasteiger partial charge is 0.147 e. The molecule has 4 unspecified atom stereocenters. The second-order valence-corrected chi connectivity index (χ2v) is 10.7. The number of halogens is 1. The van der Waals surface area contributed by atoms with Crippen LogP contribution in [0.2, 0.25) is 0 Å². The molecule has 0 radical (unpaired) electrons. The highest BCUT2D eigenvalue weighted by atomic mass is 19.1. The summed E-state index contributed by atoms with van der Waals surface area (Å²) in [4.78, 5) is 9.77. The maximum Gasteiger partial charge on any atom is 0.147 e. The summed E-state index contributed by atoms with van der Waals surface area (Å²) in [6.45, 7) is 22.9. The van der Waals surface area contributed by atoms with E-state index in [2.05, 4.69) is 92.6 Å². The van der Waals surface area contributed by atoms with Gasteiger partial charge in [-0.25, -0.2) is 4.39 Å². The average molecular weight is 496 g/mol. The van der Waals surface area contributed by atoms with Crippen molar-refractivity contribution in [3.63, 3.8) is 0 Å². The summed E-state index contributed by atoms with van der Waals surface area (Å²) in [6, 6.07) is 10.6. The van der Waals surface area contributed by atoms with Gasteiger partial charge in [0.2, 0.25) is 0 Å². The minimum atomic E-state index is -2.15. The molecule has 0 saturated carbocycles. The summed E-state index contributed by atoms with van der Waals surface area (Å²) in [5, 5.41) is 9.77. The molecule has 0 aliphatic carbocycles. The molecule has 0 aliphatic heterocycles. The third-order valence-electron chi connectivity index (χ3n) is 6.92. The predicted octanol–water partition coefficient (Wildman–Crippen LogP) is 9.77. The van der Waals surface area contributed by atoms with E-state index in [1.54, 1.807) is 0 Å². The van der Waals surface area contributed by atoms with Crippen LogP contribution in [0.15, 0.2) is 30.3 Å². The molecule has 0 heterocycles. The van der Waals surface area contributed by atoms with Crippen molar-refractivity contribution in [2.75, 3.05) is 0 Å². The fourth-order valence-corrected chi connectivity index (χ4v) is 2.56. The number of aliphatic carboxylic acids is 1. The highest BCUT2D eigenvalue weighted by molar-refractivity contribution is 5.74. The van der Waals surface area contributed by atoms with Crippen LogP contribution in [-0.4, -0.2) is 11.6 Å². The number of alkyl halides is 1. The fourth-order valence-electron chi connectivity index (χ4n) is 2.56. The van der Waals surface area contributed by atoms with Gasteiger partial charge in [-0.05, 0) is 49.0 Å². The molecular formula is C32H60FO2-. The second kappa shape index (κ2) is 24.3. The Balaban J connectivity index is -0.000000407. The van der Waals surface area contributed by atoms with Crippen LogP contribution in [-0.2, 0) is 4.79 Å². The van der Waals surface area contributed by atoms with Gasteiger partial charge < -0.3 is 9.90 Å². The van der Waals surface area contributed by atoms with Crippen LogP contribution in [0.25, 0.3) is 0 Å². The van der Waals surface area contributed by atoms with Gasteiger partial charge in [0.1, 0.15) is 5.67 Å². The SMILES string of the molecule is CCC(C)(F)C(=O)[O-].CCC(C)C.CCC(C)CCCCC(C)CC.CCC(C)c1ccccc1. The Morgan fingerprint density at radius 2 is 1.20 bits per heavy atom. The van der Waals surface area contributed by atoms with Gasteiger partial charge in [0.25, 0.3) is 0 Å². The van der Waals surface area contributed by atoms with Gasteiger partial charge in [0.05, 0.1) is 5.97 Å². The molecule has 0 fully saturated rings. The van der Waals surface area contributed by atoms with Gasteiger partial charge in [-0.15, -0.1) is 0 Å². The molecule has 0 saturated heterocycles. The van der Waals surface area contributed by atoms with Crippen LogP contribution >= 0.6 is 0 Å². The van der Waals surface area contributed by atoms with Crippen LogP contribution in [0.4, 0.5) is 4.39 Å². The number of unbranched alkanes of at least 4 members (excludes halogenated alkanes) is 1. The molecule has 3 heteroatoms. The molecule has 0 bridgehead atoms. The van der Waals surface area contributed by atoms with Gasteiger partial charge in [-0.1, -0.05) is 145 Å². The number of carboxylic acid groups (broad SMARTS) is 1. The molecule has 1 aromatic rings. The Morgan fingerprint density at radius 3 is 1.43 bits per heavy atom. The second-order valence-electron chi connectivity index (χ2n) is 10.7. The zero-order chi connectivity index (χ0) is 27.9. The van der Waals surface area contributed by atoms with Crippen molar-refractivity contribution in [2.45, 2.75) is 146 Å². The number of hydrogen-bond donors (Lipinski definition) is 0. The molecule has 0 aliphatic rings. The first-order chi connectivity index (χ1) is 16.3. The number of hydrogen-bond acceptors (Lipinski definition) is 2. The Morgan fingerprint density at radius 1 is 0.800 bits per heavy atom. The summed E-state index contributed by atoms with van der Waals surface area (Å²) >= 11 is 0. The Hall–Kier alpha value is -1.38. The third kappa shape index (κ3) is 25.5. The van der Waals surface area contributed by atoms with E-state index in [0.29, 0.717) is 5.92 Å².